The van der Waals surface area contributed by atoms with E-state index < -0.39 is 0 Å². The van der Waals surface area contributed by atoms with Crippen LogP contribution < -0.4 is 0 Å². The number of rotatable bonds is 8. The van der Waals surface area contributed by atoms with E-state index in [9.17, 15) is 4.39 Å². The van der Waals surface area contributed by atoms with E-state index >= 15 is 0 Å². The fraction of sp³-hybridized carbons (Fsp3) is 0.615. The van der Waals surface area contributed by atoms with Gasteiger partial charge in [0.25, 0.3) is 0 Å². The Bertz CT molecular complexity index is 911. The molecule has 0 radical (unpaired) electrons. The number of hydrogen-bond acceptors (Lipinski definition) is 4. The number of ether oxygens (including phenoxy) is 1. The Balaban J connectivity index is 1.32. The molecule has 1 saturated heterocycles. The molecule has 0 N–H and O–H groups in total. The van der Waals surface area contributed by atoms with Gasteiger partial charge < -0.3 is 4.74 Å². The number of pyridine rings is 2. The first-order valence-electron chi connectivity index (χ1n) is 12.0. The highest BCUT2D eigenvalue weighted by Gasteiger charge is 2.54. The van der Waals surface area contributed by atoms with Crippen LogP contribution in [0, 0.1) is 11.2 Å². The van der Waals surface area contributed by atoms with Crippen LogP contribution in [0.15, 0.2) is 30.6 Å². The second-order valence-electron chi connectivity index (χ2n) is 9.84. The molecule has 5 rings (SSSR count). The molecule has 2 fully saturated rings. The van der Waals surface area contributed by atoms with E-state index in [1.807, 2.05) is 6.07 Å². The highest BCUT2D eigenvalue weighted by molar-refractivity contribution is 5.35. The normalized spacial score (nSPS) is 24.8. The fourth-order valence-corrected chi connectivity index (χ4v) is 5.71. The summed E-state index contributed by atoms with van der Waals surface area (Å²) in [4.78, 5) is 11.9. The van der Waals surface area contributed by atoms with E-state index in [1.54, 1.807) is 0 Å². The smallest absolute Gasteiger partial charge is 0.141 e. The molecule has 0 spiro atoms. The molecule has 31 heavy (non-hydrogen) atoms. The number of aryl methyl sites for hydroxylation is 3. The van der Waals surface area contributed by atoms with Gasteiger partial charge in [0.15, 0.2) is 0 Å². The molecule has 4 nitrogen and oxygen atoms in total. The van der Waals surface area contributed by atoms with Crippen LogP contribution in [0.25, 0.3) is 0 Å². The van der Waals surface area contributed by atoms with Gasteiger partial charge in [0.1, 0.15) is 5.82 Å². The van der Waals surface area contributed by atoms with Crippen LogP contribution in [-0.2, 0) is 29.5 Å². The monoisotopic (exact) mass is 423 g/mol. The third kappa shape index (κ3) is 4.27. The summed E-state index contributed by atoms with van der Waals surface area (Å²) in [5.74, 6) is -0.269. The van der Waals surface area contributed by atoms with Crippen molar-refractivity contribution >= 4 is 0 Å². The van der Waals surface area contributed by atoms with Crippen molar-refractivity contribution in [2.75, 3.05) is 26.3 Å². The minimum atomic E-state index is -0.269. The van der Waals surface area contributed by atoms with E-state index in [1.165, 1.54) is 61.2 Å². The molecule has 166 valence electrons. The zero-order valence-electron chi connectivity index (χ0n) is 18.7. The Labute approximate surface area is 185 Å². The summed E-state index contributed by atoms with van der Waals surface area (Å²) in [6, 6.07) is 5.80. The van der Waals surface area contributed by atoms with Crippen molar-refractivity contribution in [3.05, 3.63) is 58.9 Å². The molecule has 3 aliphatic rings. The van der Waals surface area contributed by atoms with Gasteiger partial charge in [-0.15, -0.1) is 0 Å². The van der Waals surface area contributed by atoms with Crippen molar-refractivity contribution in [1.29, 1.82) is 0 Å². The van der Waals surface area contributed by atoms with E-state index in [0.29, 0.717) is 0 Å². The summed E-state index contributed by atoms with van der Waals surface area (Å²) in [5, 5.41) is 0. The predicted octanol–water partition coefficient (Wildman–Crippen LogP) is 4.85. The largest absolute Gasteiger partial charge is 0.381 e. The summed E-state index contributed by atoms with van der Waals surface area (Å²) < 4.78 is 19.2. The van der Waals surface area contributed by atoms with Gasteiger partial charge in [-0.05, 0) is 94.5 Å². The Morgan fingerprint density at radius 3 is 2.74 bits per heavy atom. The van der Waals surface area contributed by atoms with Crippen molar-refractivity contribution in [2.24, 2.45) is 5.41 Å². The van der Waals surface area contributed by atoms with Crippen LogP contribution in [0.2, 0.25) is 0 Å². The Kier molecular flexibility index (Phi) is 5.82. The van der Waals surface area contributed by atoms with Gasteiger partial charge in [-0.3, -0.25) is 14.9 Å². The minimum Gasteiger partial charge on any atom is -0.381 e. The number of aromatic nitrogens is 2. The average molecular weight is 424 g/mol. The molecule has 0 unspecified atom stereocenters. The number of fused-ring (bicyclic) bond motifs is 1. The first-order valence-corrected chi connectivity index (χ1v) is 12.0. The first kappa shape index (κ1) is 21.0. The van der Waals surface area contributed by atoms with Gasteiger partial charge in [-0.2, -0.15) is 0 Å². The quantitative estimate of drug-likeness (QED) is 0.609. The molecule has 0 aromatic carbocycles. The lowest BCUT2D eigenvalue weighted by Gasteiger charge is -2.33. The van der Waals surface area contributed by atoms with Gasteiger partial charge in [-0.25, -0.2) is 4.39 Å². The minimum absolute atomic E-state index is 0.142. The van der Waals surface area contributed by atoms with E-state index in [0.717, 1.165) is 57.7 Å². The van der Waals surface area contributed by atoms with E-state index in [4.69, 9.17) is 9.72 Å². The van der Waals surface area contributed by atoms with Gasteiger partial charge in [0.05, 0.1) is 12.8 Å². The Morgan fingerprint density at radius 1 is 1.10 bits per heavy atom. The Morgan fingerprint density at radius 2 is 1.97 bits per heavy atom. The maximum Gasteiger partial charge on any atom is 0.141 e. The first-order chi connectivity index (χ1) is 15.1. The zero-order chi connectivity index (χ0) is 21.3. The summed E-state index contributed by atoms with van der Waals surface area (Å²) in [5.41, 5.74) is 5.53. The lowest BCUT2D eigenvalue weighted by atomic mass is 9.82. The van der Waals surface area contributed by atoms with Crippen LogP contribution in [0.5, 0.6) is 0 Å². The maximum atomic E-state index is 13.2. The molecule has 2 aromatic heterocycles. The van der Waals surface area contributed by atoms with Crippen LogP contribution in [0.1, 0.15) is 68.0 Å². The standard InChI is InChI=1S/C26H34FN3O/c1-2-31-19-25(10-9-23-8-7-22(27)17-28-23)13-14-30(18-25)26(11-12-26)21-15-20-5-3-4-6-24(20)29-16-21/h7-8,15-17H,2-6,9-14,18-19H2,1H3/t25-/m0/s1. The summed E-state index contributed by atoms with van der Waals surface area (Å²) in [6.07, 6.45) is 13.9. The van der Waals surface area contributed by atoms with Gasteiger partial charge in [0, 0.05) is 41.7 Å². The third-order valence-electron chi connectivity index (χ3n) is 7.79. The summed E-state index contributed by atoms with van der Waals surface area (Å²) >= 11 is 0. The number of halogens is 1. The zero-order valence-corrected chi connectivity index (χ0v) is 18.7. The van der Waals surface area contributed by atoms with Crippen LogP contribution >= 0.6 is 0 Å². The average Bonchev–Trinajstić information content (AvgIpc) is 3.51. The van der Waals surface area contributed by atoms with Crippen LogP contribution in [-0.4, -0.2) is 41.2 Å². The molecular weight excluding hydrogens is 389 g/mol. The second kappa shape index (κ2) is 8.59. The van der Waals surface area contributed by atoms with Crippen molar-refractivity contribution in [1.82, 2.24) is 14.9 Å². The van der Waals surface area contributed by atoms with Gasteiger partial charge >= 0.3 is 0 Å². The molecule has 1 atom stereocenters. The molecule has 0 bridgehead atoms. The van der Waals surface area contributed by atoms with E-state index in [2.05, 4.69) is 29.1 Å². The molecular formula is C26H34FN3O. The fourth-order valence-electron chi connectivity index (χ4n) is 5.71. The highest BCUT2D eigenvalue weighted by Crippen LogP contribution is 2.55. The number of likely N-dealkylation sites (tertiary alicyclic amines) is 1. The van der Waals surface area contributed by atoms with Crippen molar-refractivity contribution in [3.8, 4) is 0 Å². The SMILES string of the molecule is CCOC[C@@]1(CCc2ccc(F)cn2)CCN(C2(c3cnc4c(c3)CCCC4)CC2)C1. The lowest BCUT2D eigenvalue weighted by Crippen LogP contribution is -2.38. The Hall–Kier alpha value is -1.85. The van der Waals surface area contributed by atoms with E-state index in [-0.39, 0.29) is 16.8 Å². The molecule has 3 heterocycles. The molecule has 2 aromatic rings. The second-order valence-corrected chi connectivity index (χ2v) is 9.84. The topological polar surface area (TPSA) is 38.2 Å². The van der Waals surface area contributed by atoms with Gasteiger partial charge in [-0.1, -0.05) is 6.07 Å². The molecule has 0 amide bonds. The van der Waals surface area contributed by atoms with Crippen LogP contribution in [0.4, 0.5) is 4.39 Å². The van der Waals surface area contributed by atoms with Crippen molar-refractivity contribution in [2.45, 2.75) is 70.3 Å². The van der Waals surface area contributed by atoms with Crippen molar-refractivity contribution in [3.63, 3.8) is 0 Å². The molecule has 5 heteroatoms. The van der Waals surface area contributed by atoms with Crippen molar-refractivity contribution < 1.29 is 9.13 Å². The molecule has 1 aliphatic heterocycles. The molecule has 1 saturated carbocycles. The summed E-state index contributed by atoms with van der Waals surface area (Å²) in [6.45, 7) is 5.78. The van der Waals surface area contributed by atoms with Gasteiger partial charge in [0.2, 0.25) is 0 Å². The number of nitrogens with zero attached hydrogens (tertiary/aromatic N) is 3. The highest BCUT2D eigenvalue weighted by atomic mass is 19.1. The predicted molar refractivity (Wildman–Crippen MR) is 119 cm³/mol. The van der Waals surface area contributed by atoms with Crippen LogP contribution in [0.3, 0.4) is 0 Å². The summed E-state index contributed by atoms with van der Waals surface area (Å²) in [7, 11) is 0. The molecule has 2 aliphatic carbocycles. The number of hydrogen-bond donors (Lipinski definition) is 0. The maximum absolute atomic E-state index is 13.2. The lowest BCUT2D eigenvalue weighted by molar-refractivity contribution is 0.0442. The third-order valence-corrected chi connectivity index (χ3v) is 7.79.